The molecular formula is C17H34N2. The summed E-state index contributed by atoms with van der Waals surface area (Å²) in [6.45, 7) is 11.9. The largest absolute Gasteiger partial charge is 0.309 e. The van der Waals surface area contributed by atoms with Gasteiger partial charge >= 0.3 is 0 Å². The molecule has 1 N–H and O–H groups in total. The molecule has 2 heteroatoms. The lowest BCUT2D eigenvalue weighted by molar-refractivity contribution is 0.0228. The minimum atomic E-state index is 0.341. The minimum Gasteiger partial charge on any atom is -0.309 e. The van der Waals surface area contributed by atoms with E-state index in [1.807, 2.05) is 0 Å². The van der Waals surface area contributed by atoms with Crippen molar-refractivity contribution in [3.8, 4) is 0 Å². The van der Waals surface area contributed by atoms with Crippen molar-refractivity contribution >= 4 is 0 Å². The number of rotatable bonds is 4. The van der Waals surface area contributed by atoms with Crippen molar-refractivity contribution in [2.24, 2.45) is 5.92 Å². The van der Waals surface area contributed by atoms with E-state index in [-0.39, 0.29) is 0 Å². The highest BCUT2D eigenvalue weighted by Crippen LogP contribution is 2.33. The van der Waals surface area contributed by atoms with Gasteiger partial charge < -0.3 is 5.32 Å². The molecule has 1 saturated heterocycles. The fraction of sp³-hybridized carbons (Fsp3) is 1.00. The molecule has 2 nitrogen and oxygen atoms in total. The number of nitrogens with one attached hydrogen (secondary N) is 1. The Morgan fingerprint density at radius 2 is 1.74 bits per heavy atom. The molecule has 0 radical (unpaired) electrons. The Labute approximate surface area is 120 Å². The molecule has 1 aliphatic heterocycles. The molecule has 2 unspecified atom stereocenters. The molecule has 0 aromatic rings. The monoisotopic (exact) mass is 266 g/mol. The second kappa shape index (κ2) is 6.58. The van der Waals surface area contributed by atoms with Gasteiger partial charge in [-0.3, -0.25) is 4.90 Å². The first-order chi connectivity index (χ1) is 9.11. The van der Waals surface area contributed by atoms with Crippen LogP contribution in [0.2, 0.25) is 0 Å². The molecule has 0 spiro atoms. The van der Waals surface area contributed by atoms with Gasteiger partial charge in [0.15, 0.2) is 0 Å². The molecule has 112 valence electrons. The zero-order valence-corrected chi connectivity index (χ0v) is 13.5. The predicted molar refractivity (Wildman–Crippen MR) is 83.5 cm³/mol. The highest BCUT2D eigenvalue weighted by molar-refractivity contribution is 4.97. The number of hydrogen-bond acceptors (Lipinski definition) is 2. The van der Waals surface area contributed by atoms with Crippen molar-refractivity contribution in [3.05, 3.63) is 0 Å². The van der Waals surface area contributed by atoms with Gasteiger partial charge in [-0.05, 0) is 51.4 Å². The summed E-state index contributed by atoms with van der Waals surface area (Å²) < 4.78 is 0. The highest BCUT2D eigenvalue weighted by Gasteiger charge is 2.38. The Kier molecular flexibility index (Phi) is 5.30. The van der Waals surface area contributed by atoms with Crippen LogP contribution >= 0.6 is 0 Å². The Morgan fingerprint density at radius 3 is 2.26 bits per heavy atom. The lowest BCUT2D eigenvalue weighted by Gasteiger charge is -2.50. The van der Waals surface area contributed by atoms with E-state index in [4.69, 9.17) is 0 Å². The molecule has 2 fully saturated rings. The smallest absolute Gasteiger partial charge is 0.0278 e. The number of piperazine rings is 1. The molecule has 1 heterocycles. The fourth-order valence-electron chi connectivity index (χ4n) is 4.00. The second-order valence-corrected chi connectivity index (χ2v) is 7.11. The van der Waals surface area contributed by atoms with E-state index >= 15 is 0 Å². The van der Waals surface area contributed by atoms with Gasteiger partial charge in [0.1, 0.15) is 0 Å². The lowest BCUT2D eigenvalue weighted by atomic mass is 9.81. The van der Waals surface area contributed by atoms with Crippen LogP contribution in [0, 0.1) is 5.92 Å². The van der Waals surface area contributed by atoms with Crippen LogP contribution in [0.4, 0.5) is 0 Å². The van der Waals surface area contributed by atoms with Crippen LogP contribution in [0.3, 0.4) is 0 Å². The van der Waals surface area contributed by atoms with Crippen LogP contribution < -0.4 is 5.32 Å². The Morgan fingerprint density at radius 1 is 1.05 bits per heavy atom. The normalized spacial score (nSPS) is 41.4. The summed E-state index contributed by atoms with van der Waals surface area (Å²) in [6.07, 6.45) is 9.72. The molecule has 2 rings (SSSR count). The lowest BCUT2D eigenvalue weighted by Crippen LogP contribution is -2.64. The SMILES string of the molecule is CCC1CCC(N2CC(C)(CC)NCC2CC)CC1. The average molecular weight is 266 g/mol. The van der Waals surface area contributed by atoms with Crippen molar-refractivity contribution < 1.29 is 0 Å². The van der Waals surface area contributed by atoms with E-state index < -0.39 is 0 Å². The van der Waals surface area contributed by atoms with Crippen LogP contribution in [-0.4, -0.2) is 35.6 Å². The van der Waals surface area contributed by atoms with Crippen molar-refractivity contribution in [2.75, 3.05) is 13.1 Å². The van der Waals surface area contributed by atoms with Gasteiger partial charge in [0, 0.05) is 30.7 Å². The zero-order chi connectivity index (χ0) is 13.9. The molecule has 1 saturated carbocycles. The Hall–Kier alpha value is -0.0800. The number of hydrogen-bond donors (Lipinski definition) is 1. The minimum absolute atomic E-state index is 0.341. The third-order valence-electron chi connectivity index (χ3n) is 5.88. The van der Waals surface area contributed by atoms with Crippen LogP contribution in [0.25, 0.3) is 0 Å². The van der Waals surface area contributed by atoms with E-state index in [1.165, 1.54) is 58.0 Å². The third-order valence-corrected chi connectivity index (χ3v) is 5.88. The first-order valence-corrected chi connectivity index (χ1v) is 8.62. The third kappa shape index (κ3) is 3.52. The average Bonchev–Trinajstić information content (AvgIpc) is 2.47. The summed E-state index contributed by atoms with van der Waals surface area (Å²) >= 11 is 0. The van der Waals surface area contributed by atoms with Crippen molar-refractivity contribution in [1.29, 1.82) is 0 Å². The quantitative estimate of drug-likeness (QED) is 0.832. The molecule has 19 heavy (non-hydrogen) atoms. The standard InChI is InChI=1S/C17H34N2/c1-5-14-8-10-16(11-9-14)19-13-17(4,7-3)18-12-15(19)6-2/h14-16,18H,5-13H2,1-4H3. The van der Waals surface area contributed by atoms with E-state index in [0.717, 1.165) is 18.0 Å². The summed E-state index contributed by atoms with van der Waals surface area (Å²) in [7, 11) is 0. The molecule has 0 amide bonds. The number of nitrogens with zero attached hydrogens (tertiary/aromatic N) is 1. The first kappa shape index (κ1) is 15.3. The molecule has 0 aromatic heterocycles. The van der Waals surface area contributed by atoms with Crippen LogP contribution in [0.1, 0.15) is 72.6 Å². The summed E-state index contributed by atoms with van der Waals surface area (Å²) in [5.41, 5.74) is 0.341. The van der Waals surface area contributed by atoms with Gasteiger partial charge in [0.25, 0.3) is 0 Å². The first-order valence-electron chi connectivity index (χ1n) is 8.62. The Balaban J connectivity index is 1.98. The molecule has 0 aromatic carbocycles. The van der Waals surface area contributed by atoms with E-state index in [2.05, 4.69) is 37.9 Å². The van der Waals surface area contributed by atoms with Crippen LogP contribution in [0.5, 0.6) is 0 Å². The second-order valence-electron chi connectivity index (χ2n) is 7.11. The summed E-state index contributed by atoms with van der Waals surface area (Å²) in [5.74, 6) is 1.01. The molecular weight excluding hydrogens is 232 g/mol. The summed E-state index contributed by atoms with van der Waals surface area (Å²) in [6, 6.07) is 1.63. The van der Waals surface area contributed by atoms with Gasteiger partial charge in [-0.1, -0.05) is 27.2 Å². The summed E-state index contributed by atoms with van der Waals surface area (Å²) in [5, 5.41) is 3.79. The van der Waals surface area contributed by atoms with Gasteiger partial charge in [-0.15, -0.1) is 0 Å². The van der Waals surface area contributed by atoms with Crippen molar-refractivity contribution in [1.82, 2.24) is 10.2 Å². The Bertz CT molecular complexity index is 270. The van der Waals surface area contributed by atoms with Gasteiger partial charge in [-0.2, -0.15) is 0 Å². The van der Waals surface area contributed by atoms with Crippen molar-refractivity contribution in [2.45, 2.75) is 90.3 Å². The highest BCUT2D eigenvalue weighted by atomic mass is 15.3. The maximum atomic E-state index is 3.79. The van der Waals surface area contributed by atoms with Crippen molar-refractivity contribution in [3.63, 3.8) is 0 Å². The topological polar surface area (TPSA) is 15.3 Å². The molecule has 0 bridgehead atoms. The predicted octanol–water partition coefficient (Wildman–Crippen LogP) is 3.81. The molecule has 2 aliphatic rings. The van der Waals surface area contributed by atoms with Gasteiger partial charge in [-0.25, -0.2) is 0 Å². The van der Waals surface area contributed by atoms with E-state index in [9.17, 15) is 0 Å². The fourth-order valence-corrected chi connectivity index (χ4v) is 4.00. The maximum Gasteiger partial charge on any atom is 0.0278 e. The van der Waals surface area contributed by atoms with Gasteiger partial charge in [0.05, 0.1) is 0 Å². The van der Waals surface area contributed by atoms with E-state index in [1.54, 1.807) is 0 Å². The summed E-state index contributed by atoms with van der Waals surface area (Å²) in [4.78, 5) is 2.87. The van der Waals surface area contributed by atoms with Crippen LogP contribution in [-0.2, 0) is 0 Å². The molecule has 1 aliphatic carbocycles. The maximum absolute atomic E-state index is 3.79. The van der Waals surface area contributed by atoms with Crippen LogP contribution in [0.15, 0.2) is 0 Å². The zero-order valence-electron chi connectivity index (χ0n) is 13.5. The van der Waals surface area contributed by atoms with Gasteiger partial charge in [0.2, 0.25) is 0 Å². The van der Waals surface area contributed by atoms with E-state index in [0.29, 0.717) is 5.54 Å². The molecule has 2 atom stereocenters.